The number of fused-ring (bicyclic) bond motifs is 1. The van der Waals surface area contributed by atoms with E-state index in [-0.39, 0.29) is 36.8 Å². The molecule has 1 heterocycles. The van der Waals surface area contributed by atoms with Crippen LogP contribution in [-0.4, -0.2) is 48.9 Å². The number of esters is 1. The number of carbonyl (C=O) groups is 3. The third-order valence-electron chi connectivity index (χ3n) is 5.16. The molecule has 1 aliphatic heterocycles. The summed E-state index contributed by atoms with van der Waals surface area (Å²) in [7, 11) is 1.52. The predicted molar refractivity (Wildman–Crippen MR) is 122 cm³/mol. The summed E-state index contributed by atoms with van der Waals surface area (Å²) < 4.78 is 15.7. The summed E-state index contributed by atoms with van der Waals surface area (Å²) in [5.74, 6) is -0.253. The topological polar surface area (TPSA) is 123 Å². The third-order valence-corrected chi connectivity index (χ3v) is 5.16. The number of cyclic esters (lactones) is 1. The molecule has 0 fully saturated rings. The summed E-state index contributed by atoms with van der Waals surface area (Å²) in [5, 5.41) is 16.0. The number of amides is 2. The molecule has 182 valence electrons. The highest BCUT2D eigenvalue weighted by Crippen LogP contribution is 2.42. The van der Waals surface area contributed by atoms with Crippen LogP contribution in [-0.2, 0) is 27.3 Å². The van der Waals surface area contributed by atoms with Crippen LogP contribution in [0, 0.1) is 6.92 Å². The van der Waals surface area contributed by atoms with Gasteiger partial charge in [-0.25, -0.2) is 9.59 Å². The maximum atomic E-state index is 12.1. The number of rotatable bonds is 9. The van der Waals surface area contributed by atoms with Crippen molar-refractivity contribution in [2.24, 2.45) is 0 Å². The second kappa shape index (κ2) is 11.1. The standard InChI is InChI=1S/C24H34N2O7/c1-14(8-10-18(27)25-11-12-26-23(30)33-24(3,4)5)7-9-16-20(28)19-17(13-32-22(19)29)15(2)21(16)31-6/h7,28H,8-13H2,1-6H3,(H,25,27)(H,26,30)/b14-7+. The van der Waals surface area contributed by atoms with Gasteiger partial charge in [0.05, 0.1) is 7.11 Å². The largest absolute Gasteiger partial charge is 0.507 e. The van der Waals surface area contributed by atoms with Gasteiger partial charge in [-0.15, -0.1) is 0 Å². The van der Waals surface area contributed by atoms with E-state index in [1.807, 2.05) is 19.9 Å². The molecule has 3 N–H and O–H groups in total. The second-order valence-corrected chi connectivity index (χ2v) is 8.95. The molecule has 9 nitrogen and oxygen atoms in total. The van der Waals surface area contributed by atoms with Crippen LogP contribution in [0.25, 0.3) is 0 Å². The minimum Gasteiger partial charge on any atom is -0.507 e. The number of hydrogen-bond donors (Lipinski definition) is 3. The Bertz CT molecular complexity index is 945. The van der Waals surface area contributed by atoms with E-state index in [0.29, 0.717) is 36.3 Å². The SMILES string of the molecule is COc1c(C)c2c(c(O)c1C/C=C(\C)CCC(=O)NCCNC(=O)OC(C)(C)C)C(=O)OC2. The number of aromatic hydroxyl groups is 1. The number of benzene rings is 1. The van der Waals surface area contributed by atoms with Crippen LogP contribution in [0.1, 0.15) is 67.6 Å². The Balaban J connectivity index is 1.86. The number of hydrogen-bond acceptors (Lipinski definition) is 7. The first kappa shape index (κ1) is 26.0. The van der Waals surface area contributed by atoms with Gasteiger partial charge in [0.15, 0.2) is 0 Å². The molecule has 0 unspecified atom stereocenters. The van der Waals surface area contributed by atoms with Crippen LogP contribution in [0.15, 0.2) is 11.6 Å². The maximum Gasteiger partial charge on any atom is 0.407 e. The van der Waals surface area contributed by atoms with Gasteiger partial charge >= 0.3 is 12.1 Å². The smallest absolute Gasteiger partial charge is 0.407 e. The number of phenolic OH excluding ortho intramolecular Hbond substituents is 1. The van der Waals surface area contributed by atoms with Crippen LogP contribution in [0.2, 0.25) is 0 Å². The van der Waals surface area contributed by atoms with E-state index in [0.717, 1.165) is 11.1 Å². The van der Waals surface area contributed by atoms with Gasteiger partial charge in [-0.1, -0.05) is 11.6 Å². The molecule has 33 heavy (non-hydrogen) atoms. The van der Waals surface area contributed by atoms with E-state index < -0.39 is 17.7 Å². The van der Waals surface area contributed by atoms with Gasteiger partial charge in [0.25, 0.3) is 0 Å². The summed E-state index contributed by atoms with van der Waals surface area (Å²) >= 11 is 0. The van der Waals surface area contributed by atoms with Gasteiger partial charge in [-0.05, 0) is 53.0 Å². The van der Waals surface area contributed by atoms with Gasteiger partial charge in [0, 0.05) is 30.6 Å². The zero-order valence-corrected chi connectivity index (χ0v) is 20.2. The fourth-order valence-corrected chi connectivity index (χ4v) is 3.49. The van der Waals surface area contributed by atoms with Gasteiger partial charge in [0.1, 0.15) is 29.3 Å². The Morgan fingerprint density at radius 3 is 2.48 bits per heavy atom. The van der Waals surface area contributed by atoms with Crippen molar-refractivity contribution in [2.75, 3.05) is 20.2 Å². The molecule has 2 amide bonds. The van der Waals surface area contributed by atoms with Crippen LogP contribution < -0.4 is 15.4 Å². The van der Waals surface area contributed by atoms with Crippen molar-refractivity contribution in [3.05, 3.63) is 33.9 Å². The Morgan fingerprint density at radius 2 is 1.85 bits per heavy atom. The Labute approximate surface area is 194 Å². The summed E-state index contributed by atoms with van der Waals surface area (Å²) in [6.07, 6.45) is 2.54. The van der Waals surface area contributed by atoms with E-state index in [4.69, 9.17) is 14.2 Å². The lowest BCUT2D eigenvalue weighted by molar-refractivity contribution is -0.121. The van der Waals surface area contributed by atoms with Gasteiger partial charge < -0.3 is 30.0 Å². The van der Waals surface area contributed by atoms with Gasteiger partial charge in [-0.2, -0.15) is 0 Å². The third kappa shape index (κ3) is 7.13. The molecule has 9 heteroatoms. The van der Waals surface area contributed by atoms with E-state index in [9.17, 15) is 19.5 Å². The lowest BCUT2D eigenvalue weighted by Gasteiger charge is -2.19. The Kier molecular flexibility index (Phi) is 8.73. The molecular weight excluding hydrogens is 428 g/mol. The predicted octanol–water partition coefficient (Wildman–Crippen LogP) is 3.29. The summed E-state index contributed by atoms with van der Waals surface area (Å²) in [6, 6.07) is 0. The van der Waals surface area contributed by atoms with Crippen molar-refractivity contribution in [1.82, 2.24) is 10.6 Å². The monoisotopic (exact) mass is 462 g/mol. The summed E-state index contributed by atoms with van der Waals surface area (Å²) in [6.45, 7) is 9.77. The van der Waals surface area contributed by atoms with Crippen molar-refractivity contribution in [2.45, 2.75) is 66.1 Å². The van der Waals surface area contributed by atoms with E-state index in [1.165, 1.54) is 7.11 Å². The number of carbonyl (C=O) groups excluding carboxylic acids is 3. The molecule has 1 aliphatic rings. The molecule has 0 radical (unpaired) electrons. The van der Waals surface area contributed by atoms with Crippen molar-refractivity contribution in [3.63, 3.8) is 0 Å². The molecule has 2 rings (SSSR count). The van der Waals surface area contributed by atoms with Crippen LogP contribution in [0.3, 0.4) is 0 Å². The molecule has 0 aromatic heterocycles. The number of allylic oxidation sites excluding steroid dienone is 2. The normalized spacial score (nSPS) is 13.3. The molecule has 0 spiro atoms. The first-order chi connectivity index (χ1) is 15.4. The van der Waals surface area contributed by atoms with Crippen molar-refractivity contribution >= 4 is 18.0 Å². The number of alkyl carbamates (subject to hydrolysis) is 1. The quantitative estimate of drug-likeness (QED) is 0.292. The number of nitrogens with one attached hydrogen (secondary N) is 2. The lowest BCUT2D eigenvalue weighted by Crippen LogP contribution is -2.37. The van der Waals surface area contributed by atoms with E-state index >= 15 is 0 Å². The molecule has 0 bridgehead atoms. The van der Waals surface area contributed by atoms with E-state index in [1.54, 1.807) is 20.8 Å². The zero-order valence-electron chi connectivity index (χ0n) is 20.2. The zero-order chi connectivity index (χ0) is 24.8. The number of methoxy groups -OCH3 is 1. The molecule has 0 saturated carbocycles. The Hall–Kier alpha value is -3.23. The molecule has 0 atom stereocenters. The first-order valence-corrected chi connectivity index (χ1v) is 10.9. The van der Waals surface area contributed by atoms with Crippen molar-refractivity contribution in [1.29, 1.82) is 0 Å². The minimum absolute atomic E-state index is 0.116. The molecule has 0 saturated heterocycles. The van der Waals surface area contributed by atoms with E-state index in [2.05, 4.69) is 10.6 Å². The first-order valence-electron chi connectivity index (χ1n) is 10.9. The Morgan fingerprint density at radius 1 is 1.18 bits per heavy atom. The average Bonchev–Trinajstić information content (AvgIpc) is 3.12. The fourth-order valence-electron chi connectivity index (χ4n) is 3.49. The second-order valence-electron chi connectivity index (χ2n) is 8.95. The summed E-state index contributed by atoms with van der Waals surface area (Å²) in [5.41, 5.74) is 2.53. The van der Waals surface area contributed by atoms with Gasteiger partial charge in [0.2, 0.25) is 5.91 Å². The molecule has 1 aromatic carbocycles. The molecule has 1 aromatic rings. The number of phenols is 1. The van der Waals surface area contributed by atoms with Crippen LogP contribution in [0.4, 0.5) is 4.79 Å². The minimum atomic E-state index is -0.570. The highest BCUT2D eigenvalue weighted by molar-refractivity contribution is 5.98. The summed E-state index contributed by atoms with van der Waals surface area (Å²) in [4.78, 5) is 35.6. The van der Waals surface area contributed by atoms with Crippen molar-refractivity contribution in [3.8, 4) is 11.5 Å². The van der Waals surface area contributed by atoms with Crippen molar-refractivity contribution < 1.29 is 33.7 Å². The lowest BCUT2D eigenvalue weighted by atomic mass is 9.94. The fraction of sp³-hybridized carbons (Fsp3) is 0.542. The maximum absolute atomic E-state index is 12.1. The van der Waals surface area contributed by atoms with Gasteiger partial charge in [-0.3, -0.25) is 4.79 Å². The average molecular weight is 463 g/mol. The highest BCUT2D eigenvalue weighted by Gasteiger charge is 2.31. The highest BCUT2D eigenvalue weighted by atomic mass is 16.6. The van der Waals surface area contributed by atoms with Crippen LogP contribution >= 0.6 is 0 Å². The van der Waals surface area contributed by atoms with Crippen LogP contribution in [0.5, 0.6) is 11.5 Å². The molecule has 0 aliphatic carbocycles. The molecular formula is C24H34N2O7. The number of ether oxygens (including phenoxy) is 3.